The maximum atomic E-state index is 13.7. The molecule has 1 fully saturated rings. The summed E-state index contributed by atoms with van der Waals surface area (Å²) >= 11 is 0. The fourth-order valence-electron chi connectivity index (χ4n) is 5.91. The van der Waals surface area contributed by atoms with E-state index < -0.39 is 51.9 Å². The summed E-state index contributed by atoms with van der Waals surface area (Å²) in [4.78, 5) is 29.3. The number of hydrogen-bond donors (Lipinski definition) is 4. The fourth-order valence-corrected chi connectivity index (χ4v) is 7.53. The highest BCUT2D eigenvalue weighted by Gasteiger charge is 2.34. The van der Waals surface area contributed by atoms with E-state index in [0.29, 0.717) is 25.3 Å². The lowest BCUT2D eigenvalue weighted by Crippen LogP contribution is -2.56. The molecule has 1 aliphatic carbocycles. The lowest BCUT2D eigenvalue weighted by Gasteiger charge is -2.33. The van der Waals surface area contributed by atoms with Crippen LogP contribution in [-0.2, 0) is 25.8 Å². The summed E-state index contributed by atoms with van der Waals surface area (Å²) in [5.74, 6) is 0.391. The molecule has 0 saturated heterocycles. The predicted octanol–water partition coefficient (Wildman–Crippen LogP) is 3.33. The first-order valence-corrected chi connectivity index (χ1v) is 18.4. The summed E-state index contributed by atoms with van der Waals surface area (Å²) in [7, 11) is -1.75. The molecule has 10 heteroatoms. The van der Waals surface area contributed by atoms with Gasteiger partial charge in [0.25, 0.3) is 0 Å². The van der Waals surface area contributed by atoms with Gasteiger partial charge in [-0.25, -0.2) is 8.42 Å². The number of amides is 2. The Morgan fingerprint density at radius 3 is 2.24 bits per heavy atom. The Morgan fingerprint density at radius 2 is 1.67 bits per heavy atom. The summed E-state index contributed by atoms with van der Waals surface area (Å²) in [5, 5.41) is 27.5. The SMILES string of the molecule is C#CC[C@H](NC(=O)C(Cc1ccccc1)CS(=O)(=O)CCN(C)C(C)C)C(=O)N[C@@H](CC1CCCCC1)[C@@H](O)[C@@H](O)CC(C)C. The van der Waals surface area contributed by atoms with Crippen LogP contribution < -0.4 is 10.6 Å². The van der Waals surface area contributed by atoms with E-state index in [1.54, 1.807) is 0 Å². The van der Waals surface area contributed by atoms with Crippen LogP contribution in [-0.4, -0.2) is 90.8 Å². The van der Waals surface area contributed by atoms with Gasteiger partial charge in [-0.2, -0.15) is 0 Å². The van der Waals surface area contributed by atoms with Gasteiger partial charge in [-0.15, -0.1) is 12.3 Å². The van der Waals surface area contributed by atoms with Crippen LogP contribution in [0.5, 0.6) is 0 Å². The molecule has 4 N–H and O–H groups in total. The van der Waals surface area contributed by atoms with Crippen LogP contribution in [0.1, 0.15) is 84.6 Å². The van der Waals surface area contributed by atoms with Crippen molar-refractivity contribution in [2.45, 2.75) is 116 Å². The Balaban J connectivity index is 2.24. The molecule has 1 aliphatic rings. The second kappa shape index (κ2) is 19.3. The molecule has 1 aromatic carbocycles. The minimum absolute atomic E-state index is 0.0893. The average molecular weight is 648 g/mol. The van der Waals surface area contributed by atoms with Gasteiger partial charge in [0.05, 0.1) is 29.6 Å². The monoisotopic (exact) mass is 647 g/mol. The quantitative estimate of drug-likeness (QED) is 0.169. The second-order valence-corrected chi connectivity index (χ2v) is 15.8. The van der Waals surface area contributed by atoms with Crippen molar-refractivity contribution in [2.24, 2.45) is 17.8 Å². The number of terminal acetylenes is 1. The number of aliphatic hydroxyl groups excluding tert-OH is 2. The van der Waals surface area contributed by atoms with Gasteiger partial charge < -0.3 is 25.7 Å². The number of nitrogens with zero attached hydrogens (tertiary/aromatic N) is 1. The van der Waals surface area contributed by atoms with Gasteiger partial charge in [0.2, 0.25) is 11.8 Å². The Bertz CT molecular complexity index is 1180. The number of aliphatic hydroxyl groups is 2. The Kier molecular flexibility index (Phi) is 16.6. The molecule has 45 heavy (non-hydrogen) atoms. The van der Waals surface area contributed by atoms with Crippen molar-refractivity contribution < 1.29 is 28.2 Å². The summed E-state index contributed by atoms with van der Waals surface area (Å²) in [5.41, 5.74) is 0.805. The zero-order valence-electron chi connectivity index (χ0n) is 28.0. The van der Waals surface area contributed by atoms with E-state index >= 15 is 0 Å². The van der Waals surface area contributed by atoms with Crippen molar-refractivity contribution in [1.29, 1.82) is 0 Å². The summed E-state index contributed by atoms with van der Waals surface area (Å²) < 4.78 is 26.4. The predicted molar refractivity (Wildman–Crippen MR) is 180 cm³/mol. The van der Waals surface area contributed by atoms with Crippen LogP contribution in [0.15, 0.2) is 30.3 Å². The molecule has 1 unspecified atom stereocenters. The first-order chi connectivity index (χ1) is 21.2. The molecule has 0 aliphatic heterocycles. The zero-order chi connectivity index (χ0) is 33.6. The standard InChI is InChI=1S/C35H57N3O6S/c1-7-14-30(35(42)37-31(23-28-17-12-9-13-18-28)33(40)32(39)21-25(2)3)36-34(41)29(22-27-15-10-8-11-16-27)24-45(43,44)20-19-38(6)26(4)5/h1,8,10-11,15-16,25-26,28-33,39-40H,9,12-14,17-24H2,2-6H3,(H,36,41)(H,37,42)/t29?,30-,31-,32-,33+/m0/s1. The van der Waals surface area contributed by atoms with Crippen LogP contribution in [0.2, 0.25) is 0 Å². The van der Waals surface area contributed by atoms with Crippen molar-refractivity contribution in [2.75, 3.05) is 25.1 Å². The molecule has 0 heterocycles. The first kappa shape index (κ1) is 38.7. The normalized spacial score (nSPS) is 17.8. The summed E-state index contributed by atoms with van der Waals surface area (Å²) in [6.45, 7) is 8.22. The van der Waals surface area contributed by atoms with Crippen molar-refractivity contribution in [3.8, 4) is 12.3 Å². The van der Waals surface area contributed by atoms with E-state index in [2.05, 4.69) is 16.6 Å². The van der Waals surface area contributed by atoms with E-state index in [1.165, 1.54) is 0 Å². The highest BCUT2D eigenvalue weighted by molar-refractivity contribution is 7.91. The number of carbonyl (C=O) groups is 2. The lowest BCUT2D eigenvalue weighted by molar-refractivity contribution is -0.132. The highest BCUT2D eigenvalue weighted by Crippen LogP contribution is 2.29. The molecule has 1 saturated carbocycles. The fraction of sp³-hybridized carbons (Fsp3) is 0.714. The second-order valence-electron chi connectivity index (χ2n) is 13.6. The summed E-state index contributed by atoms with van der Waals surface area (Å²) in [6.07, 6.45) is 9.70. The van der Waals surface area contributed by atoms with Gasteiger partial charge in [0.15, 0.2) is 9.84 Å². The summed E-state index contributed by atoms with van der Waals surface area (Å²) in [6, 6.07) is 7.52. The van der Waals surface area contributed by atoms with E-state index in [9.17, 15) is 28.2 Å². The largest absolute Gasteiger partial charge is 0.390 e. The topological polar surface area (TPSA) is 136 Å². The van der Waals surface area contributed by atoms with Crippen LogP contribution in [0.3, 0.4) is 0 Å². The van der Waals surface area contributed by atoms with Crippen LogP contribution >= 0.6 is 0 Å². The number of sulfone groups is 1. The van der Waals surface area contributed by atoms with Crippen LogP contribution in [0, 0.1) is 30.1 Å². The molecule has 254 valence electrons. The van der Waals surface area contributed by atoms with E-state index in [1.807, 2.05) is 70.0 Å². The third kappa shape index (κ3) is 14.2. The number of carbonyl (C=O) groups excluding carboxylic acids is 2. The zero-order valence-corrected chi connectivity index (χ0v) is 28.8. The molecule has 2 rings (SSSR count). The van der Waals surface area contributed by atoms with Crippen molar-refractivity contribution in [3.05, 3.63) is 35.9 Å². The molecule has 9 nitrogen and oxygen atoms in total. The molecule has 0 aromatic heterocycles. The number of nitrogens with one attached hydrogen (secondary N) is 2. The lowest BCUT2D eigenvalue weighted by atomic mass is 9.82. The molecule has 1 aromatic rings. The van der Waals surface area contributed by atoms with Gasteiger partial charge in [0.1, 0.15) is 12.1 Å². The van der Waals surface area contributed by atoms with Gasteiger partial charge in [-0.1, -0.05) is 76.3 Å². The molecular weight excluding hydrogens is 590 g/mol. The molecule has 2 amide bonds. The minimum Gasteiger partial charge on any atom is -0.390 e. The van der Waals surface area contributed by atoms with Crippen molar-refractivity contribution in [1.82, 2.24) is 15.5 Å². The third-order valence-corrected chi connectivity index (χ3v) is 10.6. The molecule has 5 atom stereocenters. The number of benzene rings is 1. The maximum Gasteiger partial charge on any atom is 0.243 e. The Labute approximate surface area is 271 Å². The molecule has 0 spiro atoms. The van der Waals surface area contributed by atoms with Gasteiger partial charge in [-0.3, -0.25) is 9.59 Å². The molecular formula is C35H57N3O6S. The van der Waals surface area contributed by atoms with Gasteiger partial charge in [0, 0.05) is 19.0 Å². The van der Waals surface area contributed by atoms with Crippen molar-refractivity contribution >= 4 is 21.7 Å². The van der Waals surface area contributed by atoms with Gasteiger partial charge in [-0.05, 0) is 57.6 Å². The van der Waals surface area contributed by atoms with Crippen LogP contribution in [0.25, 0.3) is 0 Å². The minimum atomic E-state index is -3.61. The molecule has 0 bridgehead atoms. The van der Waals surface area contributed by atoms with Crippen LogP contribution in [0.4, 0.5) is 0 Å². The highest BCUT2D eigenvalue weighted by atomic mass is 32.2. The van der Waals surface area contributed by atoms with Gasteiger partial charge >= 0.3 is 0 Å². The maximum absolute atomic E-state index is 13.7. The van der Waals surface area contributed by atoms with Crippen molar-refractivity contribution in [3.63, 3.8) is 0 Å². The number of rotatable bonds is 19. The molecule has 0 radical (unpaired) electrons. The first-order valence-electron chi connectivity index (χ1n) is 16.6. The van der Waals surface area contributed by atoms with E-state index in [4.69, 9.17) is 6.42 Å². The third-order valence-electron chi connectivity index (χ3n) is 8.90. The van der Waals surface area contributed by atoms with E-state index in [0.717, 1.165) is 37.7 Å². The smallest absolute Gasteiger partial charge is 0.243 e. The Morgan fingerprint density at radius 1 is 1.02 bits per heavy atom. The number of hydrogen-bond acceptors (Lipinski definition) is 7. The van der Waals surface area contributed by atoms with E-state index in [-0.39, 0.29) is 36.3 Å². The average Bonchev–Trinajstić information content (AvgIpc) is 2.99. The Hall–Kier alpha value is -2.45.